The third-order valence-corrected chi connectivity index (χ3v) is 3.98. The average Bonchev–Trinajstić information content (AvgIpc) is 2.43. The Kier molecular flexibility index (Phi) is 5.47. The second-order valence-corrected chi connectivity index (χ2v) is 6.73. The van der Waals surface area contributed by atoms with Crippen LogP contribution >= 0.6 is 31.9 Å². The number of benzene rings is 1. The van der Waals surface area contributed by atoms with Gasteiger partial charge in [-0.3, -0.25) is 0 Å². The van der Waals surface area contributed by atoms with E-state index in [4.69, 9.17) is 10.5 Å². The van der Waals surface area contributed by atoms with Crippen LogP contribution in [-0.2, 0) is 0 Å². The highest BCUT2D eigenvalue weighted by Gasteiger charge is 2.09. The third-order valence-electron chi connectivity index (χ3n) is 2.66. The van der Waals surface area contributed by atoms with Gasteiger partial charge in [0, 0.05) is 8.95 Å². The minimum absolute atomic E-state index is 0.417. The lowest BCUT2D eigenvalue weighted by Crippen LogP contribution is -2.08. The first-order valence-corrected chi connectivity index (χ1v) is 8.16. The molecule has 0 radical (unpaired) electrons. The van der Waals surface area contributed by atoms with Gasteiger partial charge in [0.15, 0.2) is 0 Å². The quantitative estimate of drug-likeness (QED) is 0.725. The van der Waals surface area contributed by atoms with Crippen LogP contribution in [0.25, 0.3) is 0 Å². The zero-order chi connectivity index (χ0) is 15.4. The van der Waals surface area contributed by atoms with Gasteiger partial charge >= 0.3 is 0 Å². The lowest BCUT2D eigenvalue weighted by Gasteiger charge is -2.13. The molecule has 1 aromatic heterocycles. The number of nitrogen functional groups attached to an aromatic ring is 1. The normalized spacial score (nSPS) is 10.7. The van der Waals surface area contributed by atoms with E-state index in [1.165, 1.54) is 0 Å². The van der Waals surface area contributed by atoms with Gasteiger partial charge in [-0.05, 0) is 62.0 Å². The molecule has 6 heteroatoms. The van der Waals surface area contributed by atoms with Crippen molar-refractivity contribution in [2.45, 2.75) is 13.8 Å². The molecule has 21 heavy (non-hydrogen) atoms. The van der Waals surface area contributed by atoms with Crippen LogP contribution in [0.4, 0.5) is 17.2 Å². The van der Waals surface area contributed by atoms with Gasteiger partial charge in [-0.15, -0.1) is 0 Å². The van der Waals surface area contributed by atoms with E-state index in [9.17, 15) is 0 Å². The monoisotopic (exact) mass is 413 g/mol. The van der Waals surface area contributed by atoms with E-state index in [0.717, 1.165) is 14.6 Å². The van der Waals surface area contributed by atoms with E-state index in [2.05, 4.69) is 56.0 Å². The number of para-hydroxylation sites is 1. The highest BCUT2D eigenvalue weighted by molar-refractivity contribution is 9.11. The number of aromatic nitrogens is 1. The number of nitrogens with one attached hydrogen (secondary N) is 1. The summed E-state index contributed by atoms with van der Waals surface area (Å²) in [6.45, 7) is 4.74. The second-order valence-electron chi connectivity index (χ2n) is 5.02. The Morgan fingerprint density at radius 2 is 1.86 bits per heavy atom. The number of hydrogen-bond donors (Lipinski definition) is 2. The van der Waals surface area contributed by atoms with Crippen LogP contribution in [0.1, 0.15) is 13.8 Å². The fourth-order valence-corrected chi connectivity index (χ4v) is 2.82. The van der Waals surface area contributed by atoms with E-state index >= 15 is 0 Å². The van der Waals surface area contributed by atoms with Crippen molar-refractivity contribution in [1.82, 2.24) is 4.98 Å². The van der Waals surface area contributed by atoms with Crippen LogP contribution in [0.3, 0.4) is 0 Å². The molecule has 2 aromatic rings. The van der Waals surface area contributed by atoms with Crippen LogP contribution in [0.15, 0.2) is 39.3 Å². The van der Waals surface area contributed by atoms with Crippen LogP contribution in [-0.4, -0.2) is 11.6 Å². The number of anilines is 3. The van der Waals surface area contributed by atoms with Crippen molar-refractivity contribution in [2.75, 3.05) is 17.7 Å². The van der Waals surface area contributed by atoms with Crippen LogP contribution < -0.4 is 15.8 Å². The minimum atomic E-state index is 0.417. The smallest absolute Gasteiger partial charge is 0.239 e. The van der Waals surface area contributed by atoms with Gasteiger partial charge in [0.25, 0.3) is 0 Å². The highest BCUT2D eigenvalue weighted by atomic mass is 79.9. The summed E-state index contributed by atoms with van der Waals surface area (Å²) in [5, 5.41) is 3.26. The molecule has 0 spiro atoms. The number of ether oxygens (including phenoxy) is 1. The number of hydrogen-bond acceptors (Lipinski definition) is 4. The van der Waals surface area contributed by atoms with Gasteiger partial charge < -0.3 is 15.8 Å². The predicted octanol–water partition coefficient (Wildman–Crippen LogP) is 4.97. The van der Waals surface area contributed by atoms with E-state index in [1.807, 2.05) is 24.3 Å². The van der Waals surface area contributed by atoms with Crippen molar-refractivity contribution in [3.8, 4) is 5.88 Å². The molecule has 3 N–H and O–H groups in total. The van der Waals surface area contributed by atoms with Gasteiger partial charge in [0.05, 0.1) is 18.0 Å². The Morgan fingerprint density at radius 3 is 2.48 bits per heavy atom. The molecule has 0 saturated carbocycles. The molecule has 2 rings (SSSR count). The summed E-state index contributed by atoms with van der Waals surface area (Å²) < 4.78 is 7.53. The maximum Gasteiger partial charge on any atom is 0.239 e. The highest BCUT2D eigenvalue weighted by Crippen LogP contribution is 2.33. The predicted molar refractivity (Wildman–Crippen MR) is 94.1 cm³/mol. The molecule has 1 aromatic carbocycles. The molecule has 1 heterocycles. The van der Waals surface area contributed by atoms with Crippen LogP contribution in [0.2, 0.25) is 0 Å². The van der Waals surface area contributed by atoms with Crippen LogP contribution in [0.5, 0.6) is 5.88 Å². The topological polar surface area (TPSA) is 60.2 Å². The van der Waals surface area contributed by atoms with E-state index in [0.29, 0.717) is 29.9 Å². The van der Waals surface area contributed by atoms with Crippen molar-refractivity contribution in [3.63, 3.8) is 0 Å². The van der Waals surface area contributed by atoms with Crippen molar-refractivity contribution in [3.05, 3.63) is 39.3 Å². The number of rotatable bonds is 5. The summed E-state index contributed by atoms with van der Waals surface area (Å²) >= 11 is 7.02. The Balaban J connectivity index is 2.23. The molecule has 0 amide bonds. The van der Waals surface area contributed by atoms with E-state index in [1.54, 1.807) is 6.07 Å². The molecule has 0 atom stereocenters. The maximum absolute atomic E-state index is 5.90. The second kappa shape index (κ2) is 7.13. The van der Waals surface area contributed by atoms with Crippen molar-refractivity contribution in [1.29, 1.82) is 0 Å². The third kappa shape index (κ3) is 4.35. The van der Waals surface area contributed by atoms with Crippen molar-refractivity contribution >= 4 is 49.1 Å². The molecule has 0 bridgehead atoms. The lowest BCUT2D eigenvalue weighted by molar-refractivity contribution is 0.263. The summed E-state index contributed by atoms with van der Waals surface area (Å²) in [7, 11) is 0. The molecule has 0 aliphatic rings. The number of pyridine rings is 1. The standard InChI is InChI=1S/C15H17Br2N3O/c1-9(2)8-21-15-12(18)6-7-13(20-15)19-14-10(16)4-3-5-11(14)17/h3-7,9H,8,18H2,1-2H3,(H,19,20). The first-order valence-electron chi connectivity index (χ1n) is 6.57. The summed E-state index contributed by atoms with van der Waals surface area (Å²) in [6.07, 6.45) is 0. The van der Waals surface area contributed by atoms with Crippen molar-refractivity contribution in [2.24, 2.45) is 5.92 Å². The van der Waals surface area contributed by atoms with Gasteiger partial charge in [-0.2, -0.15) is 4.98 Å². The van der Waals surface area contributed by atoms with Gasteiger partial charge in [0.2, 0.25) is 5.88 Å². The summed E-state index contributed by atoms with van der Waals surface area (Å²) in [6, 6.07) is 9.48. The fraction of sp³-hybridized carbons (Fsp3) is 0.267. The summed E-state index contributed by atoms with van der Waals surface area (Å²) in [5.41, 5.74) is 7.34. The Morgan fingerprint density at radius 1 is 1.19 bits per heavy atom. The van der Waals surface area contributed by atoms with E-state index in [-0.39, 0.29) is 0 Å². The number of halogens is 2. The largest absolute Gasteiger partial charge is 0.476 e. The zero-order valence-corrected chi connectivity index (χ0v) is 15.0. The molecule has 0 saturated heterocycles. The molecule has 112 valence electrons. The van der Waals surface area contributed by atoms with Gasteiger partial charge in [-0.1, -0.05) is 19.9 Å². The maximum atomic E-state index is 5.90. The first-order chi connectivity index (χ1) is 9.97. The first kappa shape index (κ1) is 16.1. The molecule has 4 nitrogen and oxygen atoms in total. The fourth-order valence-electron chi connectivity index (χ4n) is 1.63. The van der Waals surface area contributed by atoms with E-state index < -0.39 is 0 Å². The summed E-state index contributed by atoms with van der Waals surface area (Å²) in [5.74, 6) is 1.55. The number of nitrogens with two attached hydrogens (primary N) is 1. The Hall–Kier alpha value is -1.27. The number of nitrogens with zero attached hydrogens (tertiary/aromatic N) is 1. The minimum Gasteiger partial charge on any atom is -0.476 e. The molecular weight excluding hydrogens is 398 g/mol. The van der Waals surface area contributed by atoms with Gasteiger partial charge in [0.1, 0.15) is 5.82 Å². The Labute approximate surface area is 141 Å². The van der Waals surface area contributed by atoms with Crippen molar-refractivity contribution < 1.29 is 4.74 Å². The molecule has 0 unspecified atom stereocenters. The molecule has 0 fully saturated rings. The summed E-state index contributed by atoms with van der Waals surface area (Å²) in [4.78, 5) is 4.42. The van der Waals surface area contributed by atoms with Gasteiger partial charge in [-0.25, -0.2) is 0 Å². The Bertz CT molecular complexity index is 612. The molecule has 0 aliphatic heterocycles. The lowest BCUT2D eigenvalue weighted by atomic mass is 10.2. The van der Waals surface area contributed by atoms with Crippen LogP contribution in [0, 0.1) is 5.92 Å². The molecular formula is C15H17Br2N3O. The zero-order valence-electron chi connectivity index (χ0n) is 11.9. The average molecular weight is 415 g/mol. The SMILES string of the molecule is CC(C)COc1nc(Nc2c(Br)cccc2Br)ccc1N. The molecule has 0 aliphatic carbocycles.